The summed E-state index contributed by atoms with van der Waals surface area (Å²) in [5.41, 5.74) is 8.95. The molecule has 136 valence electrons. The predicted molar refractivity (Wildman–Crippen MR) is 114 cm³/mol. The van der Waals surface area contributed by atoms with Crippen LogP contribution in [0.3, 0.4) is 0 Å². The standard InChI is InChI=1S/C22H16N4OS/c27-21(19-12-16-7-3-4-8-18(16)23-19)25-26-22-24-20(13-28-22)17-10-9-14-5-1-2-6-15(14)11-17/h1-13,23H,(H,24,26)(H,25,27). The van der Waals surface area contributed by atoms with E-state index in [4.69, 9.17) is 0 Å². The number of rotatable bonds is 4. The van der Waals surface area contributed by atoms with Crippen LogP contribution < -0.4 is 10.9 Å². The van der Waals surface area contributed by atoms with Crippen molar-refractivity contribution in [3.63, 3.8) is 0 Å². The van der Waals surface area contributed by atoms with Crippen molar-refractivity contribution in [3.05, 3.63) is 83.9 Å². The number of aromatic nitrogens is 2. The summed E-state index contributed by atoms with van der Waals surface area (Å²) in [7, 11) is 0. The van der Waals surface area contributed by atoms with Gasteiger partial charge < -0.3 is 4.98 Å². The second-order valence-corrected chi connectivity index (χ2v) is 7.31. The number of amides is 1. The lowest BCUT2D eigenvalue weighted by molar-refractivity contribution is 0.0958. The molecule has 6 heteroatoms. The van der Waals surface area contributed by atoms with E-state index < -0.39 is 0 Å². The highest BCUT2D eigenvalue weighted by molar-refractivity contribution is 7.14. The van der Waals surface area contributed by atoms with Crippen LogP contribution in [0.25, 0.3) is 32.9 Å². The number of anilines is 1. The molecule has 5 nitrogen and oxygen atoms in total. The molecule has 0 unspecified atom stereocenters. The Labute approximate surface area is 165 Å². The summed E-state index contributed by atoms with van der Waals surface area (Å²) in [6.07, 6.45) is 0. The summed E-state index contributed by atoms with van der Waals surface area (Å²) >= 11 is 1.44. The SMILES string of the molecule is O=C(NNc1nc(-c2ccc3ccccc3c2)cs1)c1cc2ccccc2[nH]1. The number of carbonyl (C=O) groups excluding carboxylic acids is 1. The molecule has 0 spiro atoms. The van der Waals surface area contributed by atoms with Crippen LogP contribution in [0, 0.1) is 0 Å². The number of H-pyrrole nitrogens is 1. The molecule has 5 aromatic rings. The molecule has 0 aliphatic carbocycles. The Morgan fingerprint density at radius 2 is 1.68 bits per heavy atom. The van der Waals surface area contributed by atoms with Crippen LogP contribution >= 0.6 is 11.3 Å². The Bertz CT molecular complexity index is 1270. The molecule has 0 saturated heterocycles. The highest BCUT2D eigenvalue weighted by atomic mass is 32.1. The molecule has 0 saturated carbocycles. The Morgan fingerprint density at radius 3 is 2.54 bits per heavy atom. The fourth-order valence-corrected chi connectivity index (χ4v) is 3.86. The number of carbonyl (C=O) groups is 1. The molecule has 3 aromatic carbocycles. The van der Waals surface area contributed by atoms with E-state index in [2.05, 4.69) is 51.2 Å². The summed E-state index contributed by atoms with van der Waals surface area (Å²) < 4.78 is 0. The number of fused-ring (bicyclic) bond motifs is 2. The lowest BCUT2D eigenvalue weighted by Gasteiger charge is -2.04. The topological polar surface area (TPSA) is 69.8 Å². The van der Waals surface area contributed by atoms with Gasteiger partial charge in [-0.3, -0.25) is 15.6 Å². The van der Waals surface area contributed by atoms with Crippen molar-refractivity contribution in [3.8, 4) is 11.3 Å². The van der Waals surface area contributed by atoms with Crippen LogP contribution in [0.5, 0.6) is 0 Å². The van der Waals surface area contributed by atoms with E-state index in [1.807, 2.05) is 47.8 Å². The van der Waals surface area contributed by atoms with Gasteiger partial charge in [0.15, 0.2) is 0 Å². The third-order valence-electron chi connectivity index (χ3n) is 4.61. The average Bonchev–Trinajstić information content (AvgIpc) is 3.39. The van der Waals surface area contributed by atoms with E-state index >= 15 is 0 Å². The molecule has 0 fully saturated rings. The highest BCUT2D eigenvalue weighted by Crippen LogP contribution is 2.27. The Hall–Kier alpha value is -3.64. The lowest BCUT2D eigenvalue weighted by Crippen LogP contribution is -2.29. The third kappa shape index (κ3) is 3.10. The normalized spacial score (nSPS) is 11.0. The van der Waals surface area contributed by atoms with Gasteiger partial charge in [-0.25, -0.2) is 4.98 Å². The number of nitrogens with one attached hydrogen (secondary N) is 3. The number of aromatic amines is 1. The van der Waals surface area contributed by atoms with Crippen molar-refractivity contribution in [2.75, 3.05) is 5.43 Å². The number of hydrogen-bond acceptors (Lipinski definition) is 4. The van der Waals surface area contributed by atoms with Gasteiger partial charge in [-0.15, -0.1) is 11.3 Å². The molecule has 0 aliphatic heterocycles. The first-order valence-electron chi connectivity index (χ1n) is 8.85. The largest absolute Gasteiger partial charge is 0.350 e. The minimum Gasteiger partial charge on any atom is -0.350 e. The maximum absolute atomic E-state index is 12.4. The lowest BCUT2D eigenvalue weighted by atomic mass is 10.1. The molecule has 1 amide bonds. The van der Waals surface area contributed by atoms with E-state index in [1.165, 1.54) is 22.1 Å². The Kier molecular flexibility index (Phi) is 4.03. The number of hydrazine groups is 1. The zero-order valence-electron chi connectivity index (χ0n) is 14.8. The highest BCUT2D eigenvalue weighted by Gasteiger charge is 2.10. The molecule has 0 atom stereocenters. The van der Waals surface area contributed by atoms with Gasteiger partial charge >= 0.3 is 0 Å². The molecular formula is C22H16N4OS. The minimum absolute atomic E-state index is 0.237. The van der Waals surface area contributed by atoms with Gasteiger partial charge in [0.05, 0.1) is 5.69 Å². The summed E-state index contributed by atoms with van der Waals surface area (Å²) in [6.45, 7) is 0. The van der Waals surface area contributed by atoms with Crippen molar-refractivity contribution < 1.29 is 4.79 Å². The second-order valence-electron chi connectivity index (χ2n) is 6.45. The Balaban J connectivity index is 1.31. The maximum Gasteiger partial charge on any atom is 0.286 e. The van der Waals surface area contributed by atoms with E-state index in [-0.39, 0.29) is 5.91 Å². The summed E-state index contributed by atoms with van der Waals surface area (Å²) in [4.78, 5) is 20.1. The van der Waals surface area contributed by atoms with Crippen LogP contribution in [0.4, 0.5) is 5.13 Å². The van der Waals surface area contributed by atoms with Crippen LogP contribution in [0.1, 0.15) is 10.5 Å². The fourth-order valence-electron chi connectivity index (χ4n) is 3.19. The van der Waals surface area contributed by atoms with Crippen LogP contribution in [0.15, 0.2) is 78.2 Å². The number of benzene rings is 3. The van der Waals surface area contributed by atoms with Crippen LogP contribution in [0.2, 0.25) is 0 Å². The molecule has 28 heavy (non-hydrogen) atoms. The first kappa shape index (κ1) is 16.5. The first-order valence-corrected chi connectivity index (χ1v) is 9.73. The molecule has 2 aromatic heterocycles. The van der Waals surface area contributed by atoms with Gasteiger partial charge in [0.2, 0.25) is 5.13 Å². The van der Waals surface area contributed by atoms with Gasteiger partial charge in [0, 0.05) is 21.8 Å². The molecule has 2 heterocycles. The van der Waals surface area contributed by atoms with Crippen LogP contribution in [-0.4, -0.2) is 15.9 Å². The number of thiazole rings is 1. The molecule has 0 radical (unpaired) electrons. The van der Waals surface area contributed by atoms with E-state index in [1.54, 1.807) is 0 Å². The molecule has 0 bridgehead atoms. The van der Waals surface area contributed by atoms with E-state index in [0.29, 0.717) is 10.8 Å². The number of para-hydroxylation sites is 1. The third-order valence-corrected chi connectivity index (χ3v) is 5.36. The van der Waals surface area contributed by atoms with E-state index in [0.717, 1.165) is 22.2 Å². The smallest absolute Gasteiger partial charge is 0.286 e. The van der Waals surface area contributed by atoms with Crippen molar-refractivity contribution in [2.45, 2.75) is 0 Å². The van der Waals surface area contributed by atoms with Crippen molar-refractivity contribution >= 4 is 44.1 Å². The van der Waals surface area contributed by atoms with E-state index in [9.17, 15) is 4.79 Å². The quantitative estimate of drug-likeness (QED) is 0.373. The first-order chi connectivity index (χ1) is 13.8. The van der Waals surface area contributed by atoms with Crippen molar-refractivity contribution in [2.24, 2.45) is 0 Å². The fraction of sp³-hybridized carbons (Fsp3) is 0. The maximum atomic E-state index is 12.4. The number of nitrogens with zero attached hydrogens (tertiary/aromatic N) is 1. The van der Waals surface area contributed by atoms with Gasteiger partial charge in [0.1, 0.15) is 5.69 Å². The molecule has 0 aliphatic rings. The zero-order chi connectivity index (χ0) is 18.9. The molecule has 3 N–H and O–H groups in total. The average molecular weight is 384 g/mol. The zero-order valence-corrected chi connectivity index (χ0v) is 15.6. The minimum atomic E-state index is -0.237. The summed E-state index contributed by atoms with van der Waals surface area (Å²) in [6, 6.07) is 24.1. The van der Waals surface area contributed by atoms with Crippen molar-refractivity contribution in [1.29, 1.82) is 0 Å². The van der Waals surface area contributed by atoms with Gasteiger partial charge in [0.25, 0.3) is 5.91 Å². The predicted octanol–water partition coefficient (Wildman–Crippen LogP) is 5.20. The van der Waals surface area contributed by atoms with Crippen molar-refractivity contribution in [1.82, 2.24) is 15.4 Å². The van der Waals surface area contributed by atoms with Crippen LogP contribution in [-0.2, 0) is 0 Å². The van der Waals surface area contributed by atoms with Gasteiger partial charge in [-0.1, -0.05) is 54.6 Å². The summed E-state index contributed by atoms with van der Waals surface area (Å²) in [5, 5.41) is 5.98. The molecular weight excluding hydrogens is 368 g/mol. The molecule has 5 rings (SSSR count). The second kappa shape index (κ2) is 6.83. The monoisotopic (exact) mass is 384 g/mol. The van der Waals surface area contributed by atoms with Gasteiger partial charge in [-0.2, -0.15) is 0 Å². The summed E-state index contributed by atoms with van der Waals surface area (Å²) in [5.74, 6) is -0.237. The Morgan fingerprint density at radius 1 is 0.893 bits per heavy atom. The van der Waals surface area contributed by atoms with Gasteiger partial charge in [-0.05, 0) is 29.0 Å². The number of hydrogen-bond donors (Lipinski definition) is 3.